The lowest BCUT2D eigenvalue weighted by Crippen LogP contribution is -2.40. The third-order valence-electron chi connectivity index (χ3n) is 3.87. The molecular formula is C20H26N2O3S. The summed E-state index contributed by atoms with van der Waals surface area (Å²) in [7, 11) is -1.87. The van der Waals surface area contributed by atoms with Crippen LogP contribution in [0.15, 0.2) is 53.4 Å². The van der Waals surface area contributed by atoms with Crippen LogP contribution in [0.1, 0.15) is 42.3 Å². The van der Waals surface area contributed by atoms with Crippen molar-refractivity contribution in [3.63, 3.8) is 0 Å². The number of rotatable bonds is 5. The third kappa shape index (κ3) is 5.16. The number of carbonyl (C=O) groups is 1. The highest BCUT2D eigenvalue weighted by Crippen LogP contribution is 2.16. The molecule has 2 rings (SSSR count). The maximum atomic E-state index is 12.6. The van der Waals surface area contributed by atoms with Gasteiger partial charge in [0.2, 0.25) is 10.0 Å². The first-order valence-corrected chi connectivity index (χ1v) is 9.92. The smallest absolute Gasteiger partial charge is 0.253 e. The SMILES string of the molecule is Cc1ccccc1CN(C)C(=O)c1ccc(S(=O)(=O)NC(C)(C)C)cc1. The minimum absolute atomic E-state index is 0.144. The van der Waals surface area contributed by atoms with Crippen molar-refractivity contribution in [2.45, 2.75) is 44.7 Å². The molecule has 2 aromatic carbocycles. The summed E-state index contributed by atoms with van der Waals surface area (Å²) in [6, 6.07) is 13.9. The average Bonchev–Trinajstić information content (AvgIpc) is 2.54. The topological polar surface area (TPSA) is 66.5 Å². The zero-order valence-corrected chi connectivity index (χ0v) is 16.7. The van der Waals surface area contributed by atoms with E-state index in [0.29, 0.717) is 12.1 Å². The number of nitrogens with zero attached hydrogens (tertiary/aromatic N) is 1. The van der Waals surface area contributed by atoms with Crippen LogP contribution < -0.4 is 4.72 Å². The molecule has 0 unspecified atom stereocenters. The van der Waals surface area contributed by atoms with Gasteiger partial charge in [-0.25, -0.2) is 13.1 Å². The minimum Gasteiger partial charge on any atom is -0.337 e. The standard InChI is InChI=1S/C20H26N2O3S/c1-15-8-6-7-9-17(15)14-22(5)19(23)16-10-12-18(13-11-16)26(24,25)21-20(2,3)4/h6-13,21H,14H2,1-5H3. The first-order chi connectivity index (χ1) is 12.0. The fourth-order valence-corrected chi connectivity index (χ4v) is 3.99. The molecule has 0 aromatic heterocycles. The van der Waals surface area contributed by atoms with Gasteiger partial charge in [-0.15, -0.1) is 0 Å². The monoisotopic (exact) mass is 374 g/mol. The van der Waals surface area contributed by atoms with Crippen LogP contribution in [0.2, 0.25) is 0 Å². The summed E-state index contributed by atoms with van der Waals surface area (Å²) < 4.78 is 27.3. The van der Waals surface area contributed by atoms with E-state index in [1.165, 1.54) is 12.1 Å². The summed E-state index contributed by atoms with van der Waals surface area (Å²) in [6.07, 6.45) is 0. The van der Waals surface area contributed by atoms with Gasteiger partial charge < -0.3 is 4.90 Å². The van der Waals surface area contributed by atoms with Gasteiger partial charge in [0.1, 0.15) is 0 Å². The Bertz CT molecular complexity index is 882. The molecule has 0 atom stereocenters. The summed E-state index contributed by atoms with van der Waals surface area (Å²) in [5.74, 6) is -0.152. The van der Waals surface area contributed by atoms with E-state index in [-0.39, 0.29) is 10.8 Å². The van der Waals surface area contributed by atoms with Crippen molar-refractivity contribution in [2.24, 2.45) is 0 Å². The summed E-state index contributed by atoms with van der Waals surface area (Å²) in [5.41, 5.74) is 2.09. The summed E-state index contributed by atoms with van der Waals surface area (Å²) in [5, 5.41) is 0. The van der Waals surface area contributed by atoms with Gasteiger partial charge in [-0.2, -0.15) is 0 Å². The molecule has 2 aromatic rings. The van der Waals surface area contributed by atoms with Crippen LogP contribution >= 0.6 is 0 Å². The molecular weight excluding hydrogens is 348 g/mol. The highest BCUT2D eigenvalue weighted by Gasteiger charge is 2.22. The maximum absolute atomic E-state index is 12.6. The van der Waals surface area contributed by atoms with E-state index in [2.05, 4.69) is 4.72 Å². The van der Waals surface area contributed by atoms with E-state index in [1.54, 1.807) is 44.9 Å². The van der Waals surface area contributed by atoms with Gasteiger partial charge in [0.05, 0.1) is 4.90 Å². The van der Waals surface area contributed by atoms with Crippen molar-refractivity contribution in [1.82, 2.24) is 9.62 Å². The van der Waals surface area contributed by atoms with Crippen LogP contribution in [-0.2, 0) is 16.6 Å². The molecule has 5 nitrogen and oxygen atoms in total. The molecule has 6 heteroatoms. The Morgan fingerprint density at radius 2 is 1.62 bits per heavy atom. The minimum atomic E-state index is -3.61. The van der Waals surface area contributed by atoms with Crippen molar-refractivity contribution in [1.29, 1.82) is 0 Å². The van der Waals surface area contributed by atoms with E-state index in [1.807, 2.05) is 31.2 Å². The molecule has 26 heavy (non-hydrogen) atoms. The van der Waals surface area contributed by atoms with Gasteiger partial charge in [-0.1, -0.05) is 24.3 Å². The Balaban J connectivity index is 2.15. The Labute approximate surface area is 156 Å². The molecule has 0 saturated carbocycles. The van der Waals surface area contributed by atoms with Crippen molar-refractivity contribution >= 4 is 15.9 Å². The second-order valence-corrected chi connectivity index (χ2v) is 9.15. The predicted octanol–water partition coefficient (Wildman–Crippen LogP) is 3.34. The van der Waals surface area contributed by atoms with Crippen LogP contribution in [0.25, 0.3) is 0 Å². The summed E-state index contributed by atoms with van der Waals surface area (Å²) in [4.78, 5) is 14.4. The van der Waals surface area contributed by atoms with Gasteiger partial charge in [0, 0.05) is 24.7 Å². The molecule has 0 bridgehead atoms. The van der Waals surface area contributed by atoms with E-state index < -0.39 is 15.6 Å². The van der Waals surface area contributed by atoms with Crippen molar-refractivity contribution in [3.05, 3.63) is 65.2 Å². The third-order valence-corrected chi connectivity index (χ3v) is 5.64. The molecule has 0 heterocycles. The van der Waals surface area contributed by atoms with E-state index >= 15 is 0 Å². The fourth-order valence-electron chi connectivity index (χ4n) is 2.57. The highest BCUT2D eigenvalue weighted by atomic mass is 32.2. The largest absolute Gasteiger partial charge is 0.337 e. The van der Waals surface area contributed by atoms with Gasteiger partial charge in [-0.3, -0.25) is 4.79 Å². The van der Waals surface area contributed by atoms with Crippen LogP contribution in [0.4, 0.5) is 0 Å². The lowest BCUT2D eigenvalue weighted by atomic mass is 10.1. The van der Waals surface area contributed by atoms with Crippen LogP contribution in [0.3, 0.4) is 0 Å². The van der Waals surface area contributed by atoms with Gasteiger partial charge in [0.25, 0.3) is 5.91 Å². The molecule has 0 aliphatic heterocycles. The Kier molecular flexibility index (Phi) is 5.88. The Hall–Kier alpha value is -2.18. The molecule has 0 spiro atoms. The molecule has 0 fully saturated rings. The van der Waals surface area contributed by atoms with E-state index in [4.69, 9.17) is 0 Å². The second-order valence-electron chi connectivity index (χ2n) is 7.47. The van der Waals surface area contributed by atoms with Crippen molar-refractivity contribution < 1.29 is 13.2 Å². The van der Waals surface area contributed by atoms with Crippen molar-refractivity contribution in [3.8, 4) is 0 Å². The molecule has 1 amide bonds. The Morgan fingerprint density at radius 1 is 1.04 bits per heavy atom. The number of amides is 1. The highest BCUT2D eigenvalue weighted by molar-refractivity contribution is 7.89. The maximum Gasteiger partial charge on any atom is 0.253 e. The first-order valence-electron chi connectivity index (χ1n) is 8.44. The zero-order valence-electron chi connectivity index (χ0n) is 15.9. The number of aryl methyl sites for hydroxylation is 1. The van der Waals surface area contributed by atoms with Gasteiger partial charge >= 0.3 is 0 Å². The van der Waals surface area contributed by atoms with E-state index in [0.717, 1.165) is 11.1 Å². The number of sulfonamides is 1. The molecule has 0 radical (unpaired) electrons. The number of benzene rings is 2. The number of hydrogen-bond acceptors (Lipinski definition) is 3. The Morgan fingerprint density at radius 3 is 2.15 bits per heavy atom. The molecule has 0 saturated heterocycles. The van der Waals surface area contributed by atoms with E-state index in [9.17, 15) is 13.2 Å². The molecule has 1 N–H and O–H groups in total. The zero-order chi connectivity index (χ0) is 19.5. The summed E-state index contributed by atoms with van der Waals surface area (Å²) >= 11 is 0. The fraction of sp³-hybridized carbons (Fsp3) is 0.350. The van der Waals surface area contributed by atoms with Crippen molar-refractivity contribution in [2.75, 3.05) is 7.05 Å². The number of carbonyl (C=O) groups excluding carboxylic acids is 1. The number of nitrogens with one attached hydrogen (secondary N) is 1. The second kappa shape index (κ2) is 7.60. The molecule has 140 valence electrons. The van der Waals surface area contributed by atoms with Crippen LogP contribution in [0, 0.1) is 6.92 Å². The lowest BCUT2D eigenvalue weighted by Gasteiger charge is -2.21. The predicted molar refractivity (Wildman–Crippen MR) is 103 cm³/mol. The average molecular weight is 375 g/mol. The quantitative estimate of drug-likeness (QED) is 0.873. The molecule has 0 aliphatic carbocycles. The molecule has 0 aliphatic rings. The van der Waals surface area contributed by atoms with Gasteiger partial charge in [-0.05, 0) is 63.1 Å². The van der Waals surface area contributed by atoms with Crippen LogP contribution in [-0.4, -0.2) is 31.8 Å². The first kappa shape index (κ1) is 20.1. The number of hydrogen-bond donors (Lipinski definition) is 1. The summed E-state index contributed by atoms with van der Waals surface area (Å²) in [6.45, 7) is 7.85. The van der Waals surface area contributed by atoms with Crippen LogP contribution in [0.5, 0.6) is 0 Å². The normalized spacial score (nSPS) is 12.0. The lowest BCUT2D eigenvalue weighted by molar-refractivity contribution is 0.0785. The van der Waals surface area contributed by atoms with Gasteiger partial charge in [0.15, 0.2) is 0 Å².